The fraction of sp³-hybridized carbons (Fsp3) is 0.286. The van der Waals surface area contributed by atoms with Crippen LogP contribution in [-0.4, -0.2) is 15.8 Å². The van der Waals surface area contributed by atoms with Gasteiger partial charge in [-0.1, -0.05) is 0 Å². The lowest BCUT2D eigenvalue weighted by atomic mass is 10.4. The molecule has 0 saturated heterocycles. The molecule has 13 heavy (non-hydrogen) atoms. The number of aromatic nitrogens is 1. The van der Waals surface area contributed by atoms with Crippen molar-refractivity contribution >= 4 is 0 Å². The van der Waals surface area contributed by atoms with E-state index in [1.807, 2.05) is 0 Å². The van der Waals surface area contributed by atoms with Crippen LogP contribution in [0.3, 0.4) is 0 Å². The predicted molar refractivity (Wildman–Crippen MR) is 38.0 cm³/mol. The number of rotatable bonds is 1. The highest BCUT2D eigenvalue weighted by molar-refractivity contribution is 4.94. The molecule has 0 aromatic carbocycles. The molecule has 0 aliphatic heterocycles. The van der Waals surface area contributed by atoms with Crippen LogP contribution in [0.4, 0.5) is 13.2 Å². The summed E-state index contributed by atoms with van der Waals surface area (Å²) < 4.78 is 36.2. The van der Waals surface area contributed by atoms with Gasteiger partial charge < -0.3 is 9.67 Å². The van der Waals surface area contributed by atoms with Gasteiger partial charge in [-0.15, -0.1) is 0 Å². The van der Waals surface area contributed by atoms with Gasteiger partial charge in [0.05, 0.1) is 0 Å². The van der Waals surface area contributed by atoms with Crippen LogP contribution in [0.1, 0.15) is 6.23 Å². The first-order valence-electron chi connectivity index (χ1n) is 3.34. The summed E-state index contributed by atoms with van der Waals surface area (Å²) in [4.78, 5) is 10.5. The van der Waals surface area contributed by atoms with E-state index < -0.39 is 17.8 Å². The topological polar surface area (TPSA) is 42.2 Å². The maximum Gasteiger partial charge on any atom is 0.433 e. The summed E-state index contributed by atoms with van der Waals surface area (Å²) in [5.41, 5.74) is -0.411. The smallest absolute Gasteiger partial charge is 0.366 e. The number of hydrogen-bond donors (Lipinski definition) is 1. The quantitative estimate of drug-likeness (QED) is 0.720. The Morgan fingerprint density at radius 3 is 2.15 bits per heavy atom. The van der Waals surface area contributed by atoms with Gasteiger partial charge in [0.15, 0.2) is 5.43 Å². The van der Waals surface area contributed by atoms with Crippen molar-refractivity contribution in [3.05, 3.63) is 34.7 Å². The third-order valence-corrected chi connectivity index (χ3v) is 1.40. The van der Waals surface area contributed by atoms with Gasteiger partial charge in [-0.05, 0) is 0 Å². The maximum absolute atomic E-state index is 11.9. The van der Waals surface area contributed by atoms with Gasteiger partial charge in [0.1, 0.15) is 0 Å². The number of hydrogen-bond acceptors (Lipinski definition) is 2. The third kappa shape index (κ3) is 2.32. The number of alkyl halides is 3. The highest BCUT2D eigenvalue weighted by atomic mass is 19.4. The highest BCUT2D eigenvalue weighted by Crippen LogP contribution is 2.27. The van der Waals surface area contributed by atoms with E-state index in [9.17, 15) is 18.0 Å². The van der Waals surface area contributed by atoms with Crippen molar-refractivity contribution < 1.29 is 18.3 Å². The van der Waals surface area contributed by atoms with Crippen molar-refractivity contribution in [2.24, 2.45) is 0 Å². The molecule has 1 unspecified atom stereocenters. The second kappa shape index (κ2) is 3.21. The van der Waals surface area contributed by atoms with E-state index in [0.717, 1.165) is 24.5 Å². The van der Waals surface area contributed by atoms with E-state index >= 15 is 0 Å². The molecule has 0 aliphatic carbocycles. The van der Waals surface area contributed by atoms with Crippen LogP contribution in [0.15, 0.2) is 29.3 Å². The van der Waals surface area contributed by atoms with E-state index in [0.29, 0.717) is 4.57 Å². The van der Waals surface area contributed by atoms with Gasteiger partial charge in [-0.25, -0.2) is 0 Å². The molecule has 6 heteroatoms. The van der Waals surface area contributed by atoms with Gasteiger partial charge >= 0.3 is 6.18 Å². The summed E-state index contributed by atoms with van der Waals surface area (Å²) in [6.07, 6.45) is -5.58. The zero-order chi connectivity index (χ0) is 10.1. The van der Waals surface area contributed by atoms with Crippen molar-refractivity contribution in [1.29, 1.82) is 0 Å². The first-order chi connectivity index (χ1) is 5.91. The minimum absolute atomic E-state index is 0.411. The highest BCUT2D eigenvalue weighted by Gasteiger charge is 2.39. The van der Waals surface area contributed by atoms with Gasteiger partial charge in [-0.3, -0.25) is 4.79 Å². The average Bonchev–Trinajstić information content (AvgIpc) is 2.03. The Labute approximate surface area is 71.0 Å². The largest absolute Gasteiger partial charge is 0.433 e. The zero-order valence-electron chi connectivity index (χ0n) is 6.32. The van der Waals surface area contributed by atoms with E-state index in [-0.39, 0.29) is 0 Å². The Kier molecular flexibility index (Phi) is 2.42. The normalized spacial score (nSPS) is 14.2. The summed E-state index contributed by atoms with van der Waals surface area (Å²) in [7, 11) is 0. The van der Waals surface area contributed by atoms with Crippen LogP contribution in [0.2, 0.25) is 0 Å². The van der Waals surface area contributed by atoms with Gasteiger partial charge in [0.2, 0.25) is 6.23 Å². The van der Waals surface area contributed by atoms with Crippen LogP contribution < -0.4 is 5.43 Å². The van der Waals surface area contributed by atoms with Crippen molar-refractivity contribution in [3.8, 4) is 0 Å². The Balaban J connectivity index is 2.96. The molecule has 1 N–H and O–H groups in total. The van der Waals surface area contributed by atoms with Crippen LogP contribution in [-0.2, 0) is 0 Å². The van der Waals surface area contributed by atoms with Crippen molar-refractivity contribution in [1.82, 2.24) is 4.57 Å². The Morgan fingerprint density at radius 2 is 1.77 bits per heavy atom. The van der Waals surface area contributed by atoms with Crippen molar-refractivity contribution in [2.75, 3.05) is 0 Å². The second-order valence-electron chi connectivity index (χ2n) is 2.40. The lowest BCUT2D eigenvalue weighted by Crippen LogP contribution is -2.26. The molecule has 0 saturated carbocycles. The van der Waals surface area contributed by atoms with Crippen LogP contribution >= 0.6 is 0 Å². The van der Waals surface area contributed by atoms with Crippen LogP contribution in [0.5, 0.6) is 0 Å². The number of halogens is 3. The molecule has 1 heterocycles. The number of aliphatic hydroxyl groups is 1. The SMILES string of the molecule is O=c1ccn(C(O)C(F)(F)F)cc1. The number of pyridine rings is 1. The molecule has 1 aromatic heterocycles. The van der Waals surface area contributed by atoms with Crippen LogP contribution in [0.25, 0.3) is 0 Å². The Hall–Kier alpha value is -1.30. The molecule has 1 rings (SSSR count). The fourth-order valence-corrected chi connectivity index (χ4v) is 0.756. The van der Waals surface area contributed by atoms with E-state index in [2.05, 4.69) is 0 Å². The summed E-state index contributed by atoms with van der Waals surface area (Å²) in [5.74, 6) is 0. The second-order valence-corrected chi connectivity index (χ2v) is 2.40. The molecule has 0 amide bonds. The molecule has 0 fully saturated rings. The van der Waals surface area contributed by atoms with E-state index in [1.54, 1.807) is 0 Å². The molecule has 0 bridgehead atoms. The summed E-state index contributed by atoms with van der Waals surface area (Å²) in [6.45, 7) is 0. The molecule has 0 radical (unpaired) electrons. The number of aliphatic hydroxyl groups excluding tert-OH is 1. The summed E-state index contributed by atoms with van der Waals surface area (Å²) in [5, 5.41) is 8.68. The first-order valence-corrected chi connectivity index (χ1v) is 3.34. The van der Waals surface area contributed by atoms with Gasteiger partial charge in [0.25, 0.3) is 0 Å². The molecule has 3 nitrogen and oxygen atoms in total. The van der Waals surface area contributed by atoms with E-state index in [4.69, 9.17) is 5.11 Å². The standard InChI is InChI=1S/C7H6F3NO2/c8-7(9,10)6(13)11-3-1-5(12)2-4-11/h1-4,6,13H. The minimum atomic E-state index is -4.73. The number of nitrogens with zero attached hydrogens (tertiary/aromatic N) is 1. The van der Waals surface area contributed by atoms with Gasteiger partial charge in [0, 0.05) is 24.5 Å². The zero-order valence-corrected chi connectivity index (χ0v) is 6.32. The van der Waals surface area contributed by atoms with Crippen molar-refractivity contribution in [3.63, 3.8) is 0 Å². The van der Waals surface area contributed by atoms with Crippen LogP contribution in [0, 0.1) is 0 Å². The molecular weight excluding hydrogens is 187 g/mol. The fourth-order valence-electron chi connectivity index (χ4n) is 0.756. The van der Waals surface area contributed by atoms with E-state index in [1.165, 1.54) is 0 Å². The third-order valence-electron chi connectivity index (χ3n) is 1.40. The molecule has 0 aliphatic rings. The summed E-state index contributed by atoms with van der Waals surface area (Å²) >= 11 is 0. The first kappa shape index (κ1) is 9.79. The Morgan fingerprint density at radius 1 is 1.31 bits per heavy atom. The molecule has 0 spiro atoms. The lowest BCUT2D eigenvalue weighted by molar-refractivity contribution is -0.231. The lowest BCUT2D eigenvalue weighted by Gasteiger charge is -2.16. The molecule has 72 valence electrons. The Bertz CT molecular complexity index is 324. The predicted octanol–water partition coefficient (Wildman–Crippen LogP) is 0.902. The molecular formula is C7H6F3NO2. The molecule has 1 atom stereocenters. The average molecular weight is 193 g/mol. The molecule has 1 aromatic rings. The maximum atomic E-state index is 11.9. The van der Waals surface area contributed by atoms with Crippen molar-refractivity contribution in [2.45, 2.75) is 12.4 Å². The van der Waals surface area contributed by atoms with Gasteiger partial charge in [-0.2, -0.15) is 13.2 Å². The summed E-state index contributed by atoms with van der Waals surface area (Å²) in [6, 6.07) is 1.88. The monoisotopic (exact) mass is 193 g/mol. The minimum Gasteiger partial charge on any atom is -0.366 e.